The van der Waals surface area contributed by atoms with Gasteiger partial charge in [-0.3, -0.25) is 5.10 Å². The molecule has 4 heteroatoms. The van der Waals surface area contributed by atoms with Crippen LogP contribution in [0.3, 0.4) is 0 Å². The average molecular weight is 248 g/mol. The van der Waals surface area contributed by atoms with Crippen LogP contribution >= 0.6 is 12.2 Å². The summed E-state index contributed by atoms with van der Waals surface area (Å²) in [4.78, 5) is 0. The molecular formula is C13H13FN2S. The zero-order chi connectivity index (χ0) is 12.6. The maximum atomic E-state index is 13.1. The molecule has 0 aliphatic carbocycles. The van der Waals surface area contributed by atoms with Crippen LogP contribution in [0, 0.1) is 31.2 Å². The van der Waals surface area contributed by atoms with E-state index in [2.05, 4.69) is 10.2 Å². The molecule has 1 heterocycles. The van der Waals surface area contributed by atoms with E-state index < -0.39 is 0 Å². The number of aromatic amines is 1. The fraction of sp³-hybridized carbons (Fsp3) is 0.231. The van der Waals surface area contributed by atoms with Crippen LogP contribution in [0.5, 0.6) is 0 Å². The number of aromatic nitrogens is 2. The van der Waals surface area contributed by atoms with Gasteiger partial charge in [-0.25, -0.2) is 4.39 Å². The Morgan fingerprint density at radius 2 is 1.88 bits per heavy atom. The molecule has 2 nitrogen and oxygen atoms in total. The SMILES string of the molecule is Cc1cc(F)ccc1-c1n[nH]c(=S)c(C)c1C. The van der Waals surface area contributed by atoms with Crippen molar-refractivity contribution < 1.29 is 4.39 Å². The minimum Gasteiger partial charge on any atom is -0.267 e. The van der Waals surface area contributed by atoms with Gasteiger partial charge < -0.3 is 0 Å². The number of nitrogens with one attached hydrogen (secondary N) is 1. The van der Waals surface area contributed by atoms with Gasteiger partial charge in [0.2, 0.25) is 0 Å². The number of halogens is 1. The average Bonchev–Trinajstić information content (AvgIpc) is 2.28. The van der Waals surface area contributed by atoms with Gasteiger partial charge in [0.25, 0.3) is 0 Å². The standard InChI is InChI=1S/C13H13FN2S/c1-7-6-10(14)4-5-11(7)12-8(2)9(3)13(17)16-15-12/h4-6H,1-3H3,(H,16,17). The van der Waals surface area contributed by atoms with Crippen LogP contribution in [0.4, 0.5) is 4.39 Å². The van der Waals surface area contributed by atoms with Gasteiger partial charge in [0, 0.05) is 5.56 Å². The molecule has 0 bridgehead atoms. The third kappa shape index (κ3) is 2.13. The summed E-state index contributed by atoms with van der Waals surface area (Å²) in [5.74, 6) is -0.232. The summed E-state index contributed by atoms with van der Waals surface area (Å²) in [6.07, 6.45) is 0. The minimum absolute atomic E-state index is 0.232. The third-order valence-electron chi connectivity index (χ3n) is 2.97. The van der Waals surface area contributed by atoms with Crippen molar-refractivity contribution in [2.24, 2.45) is 0 Å². The Bertz CT molecular complexity index is 632. The Morgan fingerprint density at radius 1 is 1.18 bits per heavy atom. The highest BCUT2D eigenvalue weighted by Gasteiger charge is 2.10. The lowest BCUT2D eigenvalue weighted by atomic mass is 10.0. The topological polar surface area (TPSA) is 28.7 Å². The molecule has 0 unspecified atom stereocenters. The number of H-pyrrole nitrogens is 1. The molecule has 0 atom stereocenters. The Kier molecular flexibility index (Phi) is 3.07. The smallest absolute Gasteiger partial charge is 0.123 e. The first-order valence-corrected chi connectivity index (χ1v) is 5.74. The van der Waals surface area contributed by atoms with Gasteiger partial charge in [-0.2, -0.15) is 5.10 Å². The third-order valence-corrected chi connectivity index (χ3v) is 3.37. The van der Waals surface area contributed by atoms with Gasteiger partial charge in [0.05, 0.1) is 5.69 Å². The van der Waals surface area contributed by atoms with Crippen molar-refractivity contribution in [3.8, 4) is 11.3 Å². The van der Waals surface area contributed by atoms with Crippen LogP contribution < -0.4 is 0 Å². The van der Waals surface area contributed by atoms with Gasteiger partial charge in [-0.15, -0.1) is 0 Å². The lowest BCUT2D eigenvalue weighted by molar-refractivity contribution is 0.627. The fourth-order valence-corrected chi connectivity index (χ4v) is 1.98. The van der Waals surface area contributed by atoms with Crippen molar-refractivity contribution in [3.63, 3.8) is 0 Å². The predicted octanol–water partition coefficient (Wildman–Crippen LogP) is 3.87. The first-order valence-electron chi connectivity index (χ1n) is 5.33. The summed E-state index contributed by atoms with van der Waals surface area (Å²) in [5, 5.41) is 7.07. The molecule has 1 aromatic carbocycles. The van der Waals surface area contributed by atoms with Crippen molar-refractivity contribution in [3.05, 3.63) is 45.3 Å². The Balaban J connectivity index is 2.69. The van der Waals surface area contributed by atoms with Crippen LogP contribution in [0.1, 0.15) is 16.7 Å². The molecule has 1 N–H and O–H groups in total. The molecule has 0 amide bonds. The van der Waals surface area contributed by atoms with Crippen LogP contribution in [0.15, 0.2) is 18.2 Å². The summed E-state index contributed by atoms with van der Waals surface area (Å²) in [5.41, 5.74) is 4.66. The van der Waals surface area contributed by atoms with E-state index >= 15 is 0 Å². The number of benzene rings is 1. The molecule has 0 radical (unpaired) electrons. The monoisotopic (exact) mass is 248 g/mol. The summed E-state index contributed by atoms with van der Waals surface area (Å²) >= 11 is 5.13. The lowest BCUT2D eigenvalue weighted by Gasteiger charge is -2.10. The van der Waals surface area contributed by atoms with E-state index in [9.17, 15) is 4.39 Å². The molecule has 88 valence electrons. The molecule has 1 aromatic heterocycles. The number of aryl methyl sites for hydroxylation is 1. The number of nitrogens with zero attached hydrogens (tertiary/aromatic N) is 1. The molecule has 0 saturated heterocycles. The second-order valence-corrected chi connectivity index (χ2v) is 4.52. The molecule has 0 spiro atoms. The van der Waals surface area contributed by atoms with Crippen LogP contribution in [0.2, 0.25) is 0 Å². The number of rotatable bonds is 1. The molecule has 0 aliphatic heterocycles. The lowest BCUT2D eigenvalue weighted by Crippen LogP contribution is -1.98. The van der Waals surface area contributed by atoms with Crippen LogP contribution in [-0.4, -0.2) is 10.2 Å². The maximum absolute atomic E-state index is 13.1. The van der Waals surface area contributed by atoms with Crippen molar-refractivity contribution >= 4 is 12.2 Å². The van der Waals surface area contributed by atoms with Gasteiger partial charge in [-0.05, 0) is 55.7 Å². The summed E-state index contributed by atoms with van der Waals surface area (Å²) in [7, 11) is 0. The number of hydrogen-bond acceptors (Lipinski definition) is 2. The highest BCUT2D eigenvalue weighted by atomic mass is 32.1. The summed E-state index contributed by atoms with van der Waals surface area (Å²) in [6.45, 7) is 5.80. The van der Waals surface area contributed by atoms with Gasteiger partial charge in [-0.1, -0.05) is 12.2 Å². The van der Waals surface area contributed by atoms with Crippen molar-refractivity contribution in [1.82, 2.24) is 10.2 Å². The van der Waals surface area contributed by atoms with E-state index in [1.54, 1.807) is 6.07 Å². The van der Waals surface area contributed by atoms with Gasteiger partial charge >= 0.3 is 0 Å². The van der Waals surface area contributed by atoms with E-state index in [0.717, 1.165) is 27.9 Å². The quantitative estimate of drug-likeness (QED) is 0.776. The minimum atomic E-state index is -0.232. The zero-order valence-corrected chi connectivity index (χ0v) is 10.8. The Labute approximate surface area is 105 Å². The summed E-state index contributed by atoms with van der Waals surface area (Å²) < 4.78 is 13.7. The molecular weight excluding hydrogens is 235 g/mol. The molecule has 0 saturated carbocycles. The zero-order valence-electron chi connectivity index (χ0n) is 9.97. The largest absolute Gasteiger partial charge is 0.267 e. The van der Waals surface area contributed by atoms with Gasteiger partial charge in [0.15, 0.2) is 0 Å². The second kappa shape index (κ2) is 4.37. The van der Waals surface area contributed by atoms with E-state index in [1.165, 1.54) is 12.1 Å². The molecule has 2 rings (SSSR count). The molecule has 0 fully saturated rings. The number of hydrogen-bond donors (Lipinski definition) is 1. The Hall–Kier alpha value is -1.55. The van der Waals surface area contributed by atoms with E-state index in [1.807, 2.05) is 20.8 Å². The highest BCUT2D eigenvalue weighted by molar-refractivity contribution is 7.71. The van der Waals surface area contributed by atoms with Crippen LogP contribution in [-0.2, 0) is 0 Å². The Morgan fingerprint density at radius 3 is 2.53 bits per heavy atom. The van der Waals surface area contributed by atoms with Crippen molar-refractivity contribution in [1.29, 1.82) is 0 Å². The molecule has 0 aliphatic rings. The van der Waals surface area contributed by atoms with Gasteiger partial charge in [0.1, 0.15) is 10.5 Å². The van der Waals surface area contributed by atoms with Crippen molar-refractivity contribution in [2.45, 2.75) is 20.8 Å². The first kappa shape index (κ1) is 11.9. The maximum Gasteiger partial charge on any atom is 0.123 e. The fourth-order valence-electron chi connectivity index (χ4n) is 1.78. The van der Waals surface area contributed by atoms with Crippen LogP contribution in [0.25, 0.3) is 11.3 Å². The molecule has 2 aromatic rings. The normalized spacial score (nSPS) is 10.6. The highest BCUT2D eigenvalue weighted by Crippen LogP contribution is 2.26. The van der Waals surface area contributed by atoms with E-state index in [0.29, 0.717) is 4.64 Å². The van der Waals surface area contributed by atoms with E-state index in [4.69, 9.17) is 12.2 Å². The first-order chi connectivity index (χ1) is 8.00. The van der Waals surface area contributed by atoms with Crippen molar-refractivity contribution in [2.75, 3.05) is 0 Å². The summed E-state index contributed by atoms with van der Waals surface area (Å²) in [6, 6.07) is 4.70. The van der Waals surface area contributed by atoms with E-state index in [-0.39, 0.29) is 5.82 Å². The second-order valence-electron chi connectivity index (χ2n) is 4.11. The molecule has 17 heavy (non-hydrogen) atoms. The predicted molar refractivity (Wildman–Crippen MR) is 69.0 cm³/mol.